The molecule has 2 N–H and O–H groups in total. The van der Waals surface area contributed by atoms with E-state index >= 15 is 0 Å². The molecule has 13 heteroatoms. The van der Waals surface area contributed by atoms with E-state index in [-0.39, 0.29) is 57.1 Å². The predicted octanol–water partition coefficient (Wildman–Crippen LogP) is 3.85. The molecular formula is C26H20Cl2N3NaO6S. The Labute approximate surface area is 256 Å². The fourth-order valence-corrected chi connectivity index (χ4v) is 5.34. The summed E-state index contributed by atoms with van der Waals surface area (Å²) >= 11 is 12.1. The van der Waals surface area contributed by atoms with Gasteiger partial charge < -0.3 is 15.2 Å². The van der Waals surface area contributed by atoms with Crippen LogP contribution in [0.25, 0.3) is 10.8 Å². The van der Waals surface area contributed by atoms with Gasteiger partial charge in [0.15, 0.2) is 0 Å². The van der Waals surface area contributed by atoms with Crippen molar-refractivity contribution in [3.8, 4) is 11.5 Å². The van der Waals surface area contributed by atoms with Crippen LogP contribution in [0, 0.1) is 6.92 Å². The SMILES string of the molecule is CCOc1ccc(NC(=O)c2cc3ccccc3c(N=Nc3ccc(Cl)c(S(=O)(=O)O)c3C)c2[O-])cc1Cl.[Na+]. The molecule has 0 radical (unpaired) electrons. The van der Waals surface area contributed by atoms with Gasteiger partial charge in [-0.3, -0.25) is 9.35 Å². The number of carbonyl (C=O) groups is 1. The number of carbonyl (C=O) groups excluding carboxylic acids is 1. The summed E-state index contributed by atoms with van der Waals surface area (Å²) in [5, 5.41) is 25.3. The Morgan fingerprint density at radius 3 is 2.44 bits per heavy atom. The van der Waals surface area contributed by atoms with Crippen LogP contribution in [-0.2, 0) is 10.1 Å². The normalized spacial score (nSPS) is 11.4. The van der Waals surface area contributed by atoms with Crippen molar-refractivity contribution in [2.24, 2.45) is 10.2 Å². The second kappa shape index (κ2) is 12.6. The maximum absolute atomic E-state index is 13.4. The van der Waals surface area contributed by atoms with E-state index in [1.54, 1.807) is 36.4 Å². The molecule has 0 atom stereocenters. The van der Waals surface area contributed by atoms with Gasteiger partial charge >= 0.3 is 29.6 Å². The zero-order valence-corrected chi connectivity index (χ0v) is 25.4. The van der Waals surface area contributed by atoms with Crippen molar-refractivity contribution in [3.05, 3.63) is 81.8 Å². The molecule has 4 aromatic rings. The maximum atomic E-state index is 13.4. The van der Waals surface area contributed by atoms with E-state index in [2.05, 4.69) is 15.5 Å². The number of anilines is 1. The quantitative estimate of drug-likeness (QED) is 0.189. The van der Waals surface area contributed by atoms with Crippen LogP contribution in [0.3, 0.4) is 0 Å². The van der Waals surface area contributed by atoms with Crippen molar-refractivity contribution in [2.75, 3.05) is 11.9 Å². The third-order valence-corrected chi connectivity index (χ3v) is 7.32. The van der Waals surface area contributed by atoms with Gasteiger partial charge in [0.25, 0.3) is 16.0 Å². The van der Waals surface area contributed by atoms with Crippen molar-refractivity contribution in [1.29, 1.82) is 0 Å². The first-order valence-corrected chi connectivity index (χ1v) is 13.4. The number of amides is 1. The molecule has 0 saturated carbocycles. The van der Waals surface area contributed by atoms with Gasteiger partial charge in [0.05, 0.1) is 28.0 Å². The molecule has 0 aromatic heterocycles. The molecule has 0 bridgehead atoms. The van der Waals surface area contributed by atoms with Gasteiger partial charge in [-0.15, -0.1) is 0 Å². The van der Waals surface area contributed by atoms with Gasteiger partial charge in [-0.1, -0.05) is 53.2 Å². The van der Waals surface area contributed by atoms with Gasteiger partial charge in [0.2, 0.25) is 0 Å². The second-order valence-electron chi connectivity index (χ2n) is 8.05. The first-order valence-electron chi connectivity index (χ1n) is 11.2. The monoisotopic (exact) mass is 595 g/mol. The average molecular weight is 596 g/mol. The van der Waals surface area contributed by atoms with E-state index in [1.165, 1.54) is 31.2 Å². The number of rotatable bonds is 7. The number of hydrogen-bond acceptors (Lipinski definition) is 7. The fourth-order valence-electron chi connectivity index (χ4n) is 3.80. The minimum Gasteiger partial charge on any atom is -0.870 e. The summed E-state index contributed by atoms with van der Waals surface area (Å²) in [6.45, 7) is 3.63. The largest absolute Gasteiger partial charge is 1.00 e. The van der Waals surface area contributed by atoms with Gasteiger partial charge in [-0.05, 0) is 61.2 Å². The molecule has 0 aliphatic rings. The van der Waals surface area contributed by atoms with Crippen molar-refractivity contribution in [1.82, 2.24) is 0 Å². The molecule has 4 rings (SSSR count). The van der Waals surface area contributed by atoms with E-state index in [0.29, 0.717) is 33.8 Å². The van der Waals surface area contributed by atoms with Crippen LogP contribution in [0.1, 0.15) is 22.8 Å². The number of benzene rings is 4. The molecule has 0 fully saturated rings. The third kappa shape index (κ3) is 6.72. The summed E-state index contributed by atoms with van der Waals surface area (Å²) in [6.07, 6.45) is 0. The number of ether oxygens (including phenoxy) is 1. The summed E-state index contributed by atoms with van der Waals surface area (Å²) in [5.74, 6) is -0.919. The summed E-state index contributed by atoms with van der Waals surface area (Å²) in [4.78, 5) is 12.6. The standard InChI is InChI=1S/C26H21Cl2N3O6S.Na/c1-3-37-22-11-8-16(13-20(22)28)29-26(33)18-12-15-6-4-5-7-17(15)23(24(18)32)31-30-21-10-9-19(27)25(14(21)2)38(34,35)36;/h4-13,32H,3H2,1-2H3,(H,29,33)(H,34,35,36);/q;+1/p-1. The van der Waals surface area contributed by atoms with E-state index in [9.17, 15) is 22.9 Å². The molecule has 4 aromatic carbocycles. The van der Waals surface area contributed by atoms with Crippen LogP contribution in [-0.4, -0.2) is 25.5 Å². The Morgan fingerprint density at radius 1 is 1.05 bits per heavy atom. The number of azo groups is 1. The minimum atomic E-state index is -4.63. The molecule has 0 spiro atoms. The molecule has 9 nitrogen and oxygen atoms in total. The Morgan fingerprint density at radius 2 is 1.77 bits per heavy atom. The molecule has 0 saturated heterocycles. The van der Waals surface area contributed by atoms with Crippen molar-refractivity contribution in [3.63, 3.8) is 0 Å². The fraction of sp³-hybridized carbons (Fsp3) is 0.115. The zero-order valence-electron chi connectivity index (χ0n) is 21.0. The van der Waals surface area contributed by atoms with Crippen LogP contribution in [0.15, 0.2) is 75.8 Å². The molecule has 0 aliphatic heterocycles. The zero-order chi connectivity index (χ0) is 27.6. The van der Waals surface area contributed by atoms with Crippen molar-refractivity contribution in [2.45, 2.75) is 18.7 Å². The minimum absolute atomic E-state index is 0. The molecule has 1 amide bonds. The van der Waals surface area contributed by atoms with E-state index in [4.69, 9.17) is 27.9 Å². The van der Waals surface area contributed by atoms with Crippen molar-refractivity contribution >= 4 is 67.1 Å². The number of nitrogens with one attached hydrogen (secondary N) is 1. The van der Waals surface area contributed by atoms with E-state index in [0.717, 1.165) is 0 Å². The molecule has 196 valence electrons. The van der Waals surface area contributed by atoms with Crippen LogP contribution in [0.5, 0.6) is 11.5 Å². The van der Waals surface area contributed by atoms with Gasteiger partial charge in [0.1, 0.15) is 10.6 Å². The number of hydrogen-bond donors (Lipinski definition) is 2. The first-order chi connectivity index (χ1) is 18.0. The number of nitrogens with zero attached hydrogens (tertiary/aromatic N) is 2. The van der Waals surface area contributed by atoms with Gasteiger partial charge in [-0.25, -0.2) is 0 Å². The molecule has 0 heterocycles. The van der Waals surface area contributed by atoms with Crippen LogP contribution >= 0.6 is 23.2 Å². The summed E-state index contributed by atoms with van der Waals surface area (Å²) < 4.78 is 38.4. The Hall–Kier alpha value is -2.70. The van der Waals surface area contributed by atoms with Gasteiger partial charge in [0, 0.05) is 16.6 Å². The topological polar surface area (TPSA) is 140 Å². The molecule has 39 heavy (non-hydrogen) atoms. The Balaban J connectivity index is 0.00000420. The second-order valence-corrected chi connectivity index (χ2v) is 10.2. The number of fused-ring (bicyclic) bond motifs is 1. The van der Waals surface area contributed by atoms with Crippen molar-refractivity contribution < 1.29 is 57.2 Å². The predicted molar refractivity (Wildman–Crippen MR) is 144 cm³/mol. The van der Waals surface area contributed by atoms with Crippen LogP contribution < -0.4 is 44.7 Å². The Kier molecular flexibility index (Phi) is 10.0. The average Bonchev–Trinajstić information content (AvgIpc) is 2.85. The smallest absolute Gasteiger partial charge is 0.870 e. The summed E-state index contributed by atoms with van der Waals surface area (Å²) in [6, 6.07) is 15.6. The first kappa shape index (κ1) is 30.8. The Bertz CT molecular complexity index is 1710. The summed E-state index contributed by atoms with van der Waals surface area (Å²) in [5.41, 5.74) is 0.148. The number of halogens is 2. The van der Waals surface area contributed by atoms with Gasteiger partial charge in [-0.2, -0.15) is 18.6 Å². The van der Waals surface area contributed by atoms with E-state index in [1.807, 2.05) is 6.92 Å². The maximum Gasteiger partial charge on any atom is 1.00 e. The molecular weight excluding hydrogens is 576 g/mol. The van der Waals surface area contributed by atoms with E-state index < -0.39 is 26.7 Å². The van der Waals surface area contributed by atoms with Crippen LogP contribution in [0.2, 0.25) is 10.0 Å². The summed E-state index contributed by atoms with van der Waals surface area (Å²) in [7, 11) is -4.63. The van der Waals surface area contributed by atoms with Crippen LogP contribution in [0.4, 0.5) is 17.1 Å². The molecule has 0 aliphatic carbocycles. The third-order valence-electron chi connectivity index (χ3n) is 5.55. The molecule has 0 unspecified atom stereocenters.